The van der Waals surface area contributed by atoms with Crippen molar-refractivity contribution in [1.82, 2.24) is 18.7 Å². The minimum atomic E-state index is -3.49. The van der Waals surface area contributed by atoms with Crippen molar-refractivity contribution < 1.29 is 18.0 Å². The zero-order valence-corrected chi connectivity index (χ0v) is 21.4. The number of aromatic nitrogens is 1. The molecule has 3 fully saturated rings. The first kappa shape index (κ1) is 24.2. The van der Waals surface area contributed by atoms with Crippen LogP contribution < -0.4 is 0 Å². The second-order valence-electron chi connectivity index (χ2n) is 10.0. The smallest absolute Gasteiger partial charge is 0.253 e. The summed E-state index contributed by atoms with van der Waals surface area (Å²) in [6, 6.07) is 8.86. The number of Topliss-reactive ketones (excluding diaryl/α,β-unsaturated/α-hetero) is 1. The molecule has 1 saturated carbocycles. The monoisotopic (exact) mass is 498 g/mol. The maximum Gasteiger partial charge on any atom is 0.253 e. The van der Waals surface area contributed by atoms with E-state index in [1.54, 1.807) is 17.0 Å². The number of nitrogens with zero attached hydrogens (tertiary/aromatic N) is 4. The van der Waals surface area contributed by atoms with Gasteiger partial charge in [-0.15, -0.1) is 0 Å². The van der Waals surface area contributed by atoms with Gasteiger partial charge < -0.3 is 9.47 Å². The molecule has 35 heavy (non-hydrogen) atoms. The van der Waals surface area contributed by atoms with Crippen LogP contribution >= 0.6 is 0 Å². The molecular weight excluding hydrogens is 464 g/mol. The molecule has 1 aliphatic carbocycles. The molecule has 9 heteroatoms. The number of piperazine rings is 1. The Balaban J connectivity index is 1.16. The van der Waals surface area contributed by atoms with Gasteiger partial charge in [0.05, 0.1) is 11.4 Å². The molecule has 8 nitrogen and oxygen atoms in total. The molecule has 0 unspecified atom stereocenters. The summed E-state index contributed by atoms with van der Waals surface area (Å²) < 4.78 is 29.2. The Morgan fingerprint density at radius 2 is 1.54 bits per heavy atom. The van der Waals surface area contributed by atoms with Gasteiger partial charge in [-0.05, 0) is 69.9 Å². The number of carbonyl (C=O) groups excluding carboxylic acids is 2. The Bertz CT molecular complexity index is 1220. The van der Waals surface area contributed by atoms with Crippen LogP contribution in [0.1, 0.15) is 63.8 Å². The minimum Gasteiger partial charge on any atom is -0.345 e. The topological polar surface area (TPSA) is 82.9 Å². The van der Waals surface area contributed by atoms with E-state index >= 15 is 0 Å². The highest BCUT2D eigenvalue weighted by atomic mass is 32.2. The largest absolute Gasteiger partial charge is 0.345 e. The normalized spacial score (nSPS) is 19.9. The van der Waals surface area contributed by atoms with E-state index in [2.05, 4.69) is 16.4 Å². The average Bonchev–Trinajstić information content (AvgIpc) is 3.41. The Morgan fingerprint density at radius 1 is 0.914 bits per heavy atom. The highest BCUT2D eigenvalue weighted by Crippen LogP contribution is 2.38. The number of amides is 1. The lowest BCUT2D eigenvalue weighted by Crippen LogP contribution is -2.49. The maximum absolute atomic E-state index is 13.0. The summed E-state index contributed by atoms with van der Waals surface area (Å²) in [7, 11) is -3.49. The van der Waals surface area contributed by atoms with Gasteiger partial charge in [-0.25, -0.2) is 8.42 Å². The Morgan fingerprint density at radius 3 is 2.14 bits per heavy atom. The number of rotatable bonds is 7. The molecule has 188 valence electrons. The molecule has 3 heterocycles. The quantitative estimate of drug-likeness (QED) is 0.549. The number of aryl methyl sites for hydroxylation is 1. The van der Waals surface area contributed by atoms with Crippen LogP contribution in [-0.4, -0.2) is 84.6 Å². The molecule has 0 radical (unpaired) electrons. The molecule has 0 N–H and O–H groups in total. The van der Waals surface area contributed by atoms with Crippen LogP contribution in [0.4, 0.5) is 0 Å². The van der Waals surface area contributed by atoms with Gasteiger partial charge in [-0.3, -0.25) is 14.5 Å². The van der Waals surface area contributed by atoms with E-state index in [1.807, 2.05) is 13.0 Å². The fraction of sp³-hybridized carbons (Fsp3) is 0.538. The second kappa shape index (κ2) is 9.52. The zero-order chi connectivity index (χ0) is 24.7. The fourth-order valence-corrected chi connectivity index (χ4v) is 6.90. The lowest BCUT2D eigenvalue weighted by atomic mass is 10.1. The van der Waals surface area contributed by atoms with Crippen molar-refractivity contribution in [2.45, 2.75) is 50.5 Å². The van der Waals surface area contributed by atoms with Crippen molar-refractivity contribution in [2.24, 2.45) is 0 Å². The fourth-order valence-electron chi connectivity index (χ4n) is 5.38. The van der Waals surface area contributed by atoms with Crippen LogP contribution in [0.25, 0.3) is 0 Å². The molecule has 5 rings (SSSR count). The number of carbonyl (C=O) groups is 2. The van der Waals surface area contributed by atoms with Crippen molar-refractivity contribution >= 4 is 21.7 Å². The Kier molecular flexibility index (Phi) is 6.59. The second-order valence-corrected chi connectivity index (χ2v) is 12.0. The Hall–Kier alpha value is -2.49. The van der Waals surface area contributed by atoms with Crippen LogP contribution in [0, 0.1) is 13.8 Å². The van der Waals surface area contributed by atoms with Crippen molar-refractivity contribution in [3.63, 3.8) is 0 Å². The van der Waals surface area contributed by atoms with Crippen molar-refractivity contribution in [3.8, 4) is 0 Å². The van der Waals surface area contributed by atoms with Crippen molar-refractivity contribution in [1.29, 1.82) is 0 Å². The van der Waals surface area contributed by atoms with E-state index < -0.39 is 10.0 Å². The van der Waals surface area contributed by atoms with Gasteiger partial charge in [-0.2, -0.15) is 4.31 Å². The molecular formula is C26H34N4O4S. The van der Waals surface area contributed by atoms with E-state index in [0.29, 0.717) is 57.4 Å². The van der Waals surface area contributed by atoms with Gasteiger partial charge in [0.15, 0.2) is 5.78 Å². The van der Waals surface area contributed by atoms with Crippen molar-refractivity contribution in [3.05, 3.63) is 52.8 Å². The third-order valence-electron chi connectivity index (χ3n) is 7.53. The molecule has 0 atom stereocenters. The van der Waals surface area contributed by atoms with Crippen LogP contribution in [-0.2, 0) is 10.0 Å². The summed E-state index contributed by atoms with van der Waals surface area (Å²) in [5.74, 6) is 0.0358. The summed E-state index contributed by atoms with van der Waals surface area (Å²) in [4.78, 5) is 30.1. The lowest BCUT2D eigenvalue weighted by molar-refractivity contribution is 0.0624. The van der Waals surface area contributed by atoms with E-state index in [9.17, 15) is 18.0 Å². The van der Waals surface area contributed by atoms with Gasteiger partial charge in [0.2, 0.25) is 10.0 Å². The first-order valence-electron chi connectivity index (χ1n) is 12.6. The van der Waals surface area contributed by atoms with Crippen LogP contribution in [0.15, 0.2) is 35.2 Å². The molecule has 0 bridgehead atoms. The van der Waals surface area contributed by atoms with Crippen LogP contribution in [0.2, 0.25) is 0 Å². The molecule has 2 aromatic rings. The average molecular weight is 499 g/mol. The molecule has 2 aliphatic heterocycles. The minimum absolute atomic E-state index is 0.103. The van der Waals surface area contributed by atoms with Gasteiger partial charge in [-0.1, -0.05) is 0 Å². The van der Waals surface area contributed by atoms with E-state index in [4.69, 9.17) is 0 Å². The maximum atomic E-state index is 13.0. The number of hydrogen-bond donors (Lipinski definition) is 0. The van der Waals surface area contributed by atoms with Gasteiger partial charge in [0.25, 0.3) is 5.91 Å². The zero-order valence-electron chi connectivity index (χ0n) is 20.6. The number of benzene rings is 1. The first-order valence-corrected chi connectivity index (χ1v) is 14.0. The molecule has 1 aromatic carbocycles. The number of sulfonamides is 1. The summed E-state index contributed by atoms with van der Waals surface area (Å²) >= 11 is 0. The highest BCUT2D eigenvalue weighted by molar-refractivity contribution is 7.89. The van der Waals surface area contributed by atoms with Crippen molar-refractivity contribution in [2.75, 3.05) is 45.8 Å². The predicted octanol–water partition coefficient (Wildman–Crippen LogP) is 2.87. The number of ketones is 1. The molecule has 3 aliphatic rings. The number of hydrogen-bond acceptors (Lipinski definition) is 5. The standard InChI is InChI=1S/C26H34N4O4S/c1-19-17-24(20(2)30(19)22-7-8-22)25(31)18-27-13-15-28(16-14-27)26(32)21-5-9-23(10-6-21)35(33,34)29-11-3-4-12-29/h5-6,9-10,17,22H,3-4,7-8,11-16,18H2,1-2H3. The summed E-state index contributed by atoms with van der Waals surface area (Å²) in [6.45, 7) is 7.95. The van der Waals surface area contributed by atoms with E-state index in [0.717, 1.165) is 29.8 Å². The van der Waals surface area contributed by atoms with Crippen LogP contribution in [0.3, 0.4) is 0 Å². The van der Waals surface area contributed by atoms with Gasteiger partial charge in [0, 0.05) is 67.8 Å². The molecule has 2 saturated heterocycles. The highest BCUT2D eigenvalue weighted by Gasteiger charge is 2.30. The summed E-state index contributed by atoms with van der Waals surface area (Å²) in [6.07, 6.45) is 4.16. The van der Waals surface area contributed by atoms with Gasteiger partial charge >= 0.3 is 0 Å². The molecule has 0 spiro atoms. The van der Waals surface area contributed by atoms with E-state index in [-0.39, 0.29) is 16.6 Å². The third-order valence-corrected chi connectivity index (χ3v) is 9.44. The lowest BCUT2D eigenvalue weighted by Gasteiger charge is -2.34. The predicted molar refractivity (Wildman–Crippen MR) is 133 cm³/mol. The summed E-state index contributed by atoms with van der Waals surface area (Å²) in [5.41, 5.74) is 3.53. The molecule has 1 amide bonds. The third kappa shape index (κ3) is 4.81. The van der Waals surface area contributed by atoms with Crippen LogP contribution in [0.5, 0.6) is 0 Å². The van der Waals surface area contributed by atoms with E-state index in [1.165, 1.54) is 29.3 Å². The SMILES string of the molecule is Cc1cc(C(=O)CN2CCN(C(=O)c3ccc(S(=O)(=O)N4CCCC4)cc3)CC2)c(C)n1C1CC1. The molecule has 1 aromatic heterocycles. The Labute approximate surface area is 207 Å². The van der Waals surface area contributed by atoms with Gasteiger partial charge in [0.1, 0.15) is 0 Å². The first-order chi connectivity index (χ1) is 16.8. The summed E-state index contributed by atoms with van der Waals surface area (Å²) in [5, 5.41) is 0.